The van der Waals surface area contributed by atoms with E-state index in [0.717, 1.165) is 22.5 Å². The van der Waals surface area contributed by atoms with Crippen LogP contribution in [-0.4, -0.2) is 10.9 Å². The van der Waals surface area contributed by atoms with Crippen LogP contribution in [0.25, 0.3) is 10.2 Å². The number of carbonyl (C=O) groups excluding carboxylic acids is 1. The molecule has 0 fully saturated rings. The minimum absolute atomic E-state index is 0.285. The number of amides is 1. The molecule has 0 saturated carbocycles. The van der Waals surface area contributed by atoms with Gasteiger partial charge in [-0.3, -0.25) is 4.79 Å². The van der Waals surface area contributed by atoms with Crippen LogP contribution in [0, 0.1) is 13.8 Å². The minimum atomic E-state index is -0.574. The van der Waals surface area contributed by atoms with Gasteiger partial charge in [0.25, 0.3) is 5.91 Å². The predicted molar refractivity (Wildman–Crippen MR) is 93.6 cm³/mol. The Morgan fingerprint density at radius 1 is 1.26 bits per heavy atom. The number of anilines is 1. The van der Waals surface area contributed by atoms with Crippen molar-refractivity contribution in [3.63, 3.8) is 0 Å². The number of aromatic nitrogens is 1. The number of nitrogens with two attached hydrogens (primary N) is 2. The number of rotatable bonds is 3. The second kappa shape index (κ2) is 5.72. The number of thiophene rings is 1. The van der Waals surface area contributed by atoms with E-state index in [1.807, 2.05) is 26.0 Å². The lowest BCUT2D eigenvalue weighted by Crippen LogP contribution is -2.10. The van der Waals surface area contributed by atoms with Crippen molar-refractivity contribution in [3.8, 4) is 11.5 Å². The lowest BCUT2D eigenvalue weighted by Gasteiger charge is -2.12. The lowest BCUT2D eigenvalue weighted by atomic mass is 10.1. The van der Waals surface area contributed by atoms with Gasteiger partial charge in [-0.2, -0.15) is 0 Å². The van der Waals surface area contributed by atoms with Crippen LogP contribution in [0.2, 0.25) is 5.02 Å². The number of pyridine rings is 1. The molecule has 7 heteroatoms. The molecule has 0 spiro atoms. The van der Waals surface area contributed by atoms with Gasteiger partial charge in [0.1, 0.15) is 21.2 Å². The highest BCUT2D eigenvalue weighted by Crippen LogP contribution is 2.40. The number of aryl methyl sites for hydroxylation is 2. The molecule has 3 aromatic rings. The third kappa shape index (κ3) is 2.71. The highest BCUT2D eigenvalue weighted by atomic mass is 35.5. The van der Waals surface area contributed by atoms with Crippen molar-refractivity contribution in [2.24, 2.45) is 5.73 Å². The van der Waals surface area contributed by atoms with Gasteiger partial charge < -0.3 is 16.2 Å². The number of halogens is 1. The number of hydrogen-bond acceptors (Lipinski definition) is 5. The summed E-state index contributed by atoms with van der Waals surface area (Å²) in [6, 6.07) is 5.41. The molecule has 0 aliphatic rings. The van der Waals surface area contributed by atoms with Crippen LogP contribution in [0.1, 0.15) is 20.8 Å². The predicted octanol–water partition coefficient (Wildman–Crippen LogP) is 4.04. The maximum absolute atomic E-state index is 11.5. The van der Waals surface area contributed by atoms with Crippen molar-refractivity contribution in [2.75, 3.05) is 5.73 Å². The zero-order chi connectivity index (χ0) is 16.7. The molecule has 0 aliphatic carbocycles. The molecule has 0 saturated heterocycles. The first kappa shape index (κ1) is 15.6. The van der Waals surface area contributed by atoms with E-state index in [4.69, 9.17) is 27.8 Å². The van der Waals surface area contributed by atoms with Crippen molar-refractivity contribution < 1.29 is 9.53 Å². The maximum Gasteiger partial charge on any atom is 0.260 e. The molecule has 0 bridgehead atoms. The van der Waals surface area contributed by atoms with Crippen LogP contribution >= 0.6 is 22.9 Å². The summed E-state index contributed by atoms with van der Waals surface area (Å²) in [5.74, 6) is 0.627. The third-order valence-corrected chi connectivity index (χ3v) is 5.03. The van der Waals surface area contributed by atoms with Gasteiger partial charge in [0.15, 0.2) is 0 Å². The number of fused-ring (bicyclic) bond motifs is 1. The van der Waals surface area contributed by atoms with Gasteiger partial charge in [0, 0.05) is 11.2 Å². The van der Waals surface area contributed by atoms with Gasteiger partial charge in [-0.05, 0) is 43.2 Å². The van der Waals surface area contributed by atoms with Crippen LogP contribution in [0.4, 0.5) is 5.69 Å². The Labute approximate surface area is 141 Å². The van der Waals surface area contributed by atoms with E-state index in [-0.39, 0.29) is 4.88 Å². The molecule has 0 unspecified atom stereocenters. The van der Waals surface area contributed by atoms with Crippen LogP contribution in [0.3, 0.4) is 0 Å². The highest BCUT2D eigenvalue weighted by molar-refractivity contribution is 7.21. The molecular weight excluding hydrogens is 334 g/mol. The quantitative estimate of drug-likeness (QED) is 0.748. The summed E-state index contributed by atoms with van der Waals surface area (Å²) in [6.45, 7) is 3.81. The first-order valence-electron chi connectivity index (χ1n) is 6.80. The van der Waals surface area contributed by atoms with E-state index in [1.165, 1.54) is 0 Å². The first-order valence-corrected chi connectivity index (χ1v) is 7.99. The fraction of sp³-hybridized carbons (Fsp3) is 0.125. The van der Waals surface area contributed by atoms with E-state index in [1.54, 1.807) is 12.3 Å². The number of hydrogen-bond donors (Lipinski definition) is 2. The van der Waals surface area contributed by atoms with E-state index in [2.05, 4.69) is 4.98 Å². The van der Waals surface area contributed by atoms with Gasteiger partial charge in [0.2, 0.25) is 0 Å². The van der Waals surface area contributed by atoms with Crippen molar-refractivity contribution in [3.05, 3.63) is 45.4 Å². The van der Waals surface area contributed by atoms with Crippen molar-refractivity contribution in [1.82, 2.24) is 4.98 Å². The van der Waals surface area contributed by atoms with Gasteiger partial charge in [0.05, 0.1) is 11.1 Å². The van der Waals surface area contributed by atoms with Gasteiger partial charge in [-0.25, -0.2) is 4.98 Å². The fourth-order valence-electron chi connectivity index (χ4n) is 2.27. The molecule has 0 aliphatic heterocycles. The summed E-state index contributed by atoms with van der Waals surface area (Å²) in [5.41, 5.74) is 13.5. The van der Waals surface area contributed by atoms with E-state index >= 15 is 0 Å². The molecule has 3 rings (SSSR count). The molecular formula is C16H14ClN3O2S. The number of primary amides is 1. The summed E-state index contributed by atoms with van der Waals surface area (Å²) in [5, 5.41) is 1.28. The van der Waals surface area contributed by atoms with Crippen molar-refractivity contribution in [2.45, 2.75) is 13.8 Å². The summed E-state index contributed by atoms with van der Waals surface area (Å²) in [6.07, 6.45) is 1.61. The van der Waals surface area contributed by atoms with E-state index in [0.29, 0.717) is 32.4 Å². The number of carbonyl (C=O) groups is 1. The molecule has 4 N–H and O–H groups in total. The monoisotopic (exact) mass is 347 g/mol. The zero-order valence-corrected chi connectivity index (χ0v) is 14.1. The largest absolute Gasteiger partial charge is 0.456 e. The van der Waals surface area contributed by atoms with Gasteiger partial charge >= 0.3 is 0 Å². The molecule has 1 amide bonds. The Morgan fingerprint density at radius 2 is 2.00 bits per heavy atom. The van der Waals surface area contributed by atoms with E-state index < -0.39 is 5.91 Å². The Hall–Kier alpha value is -2.31. The van der Waals surface area contributed by atoms with Crippen molar-refractivity contribution >= 4 is 44.7 Å². The van der Waals surface area contributed by atoms with E-state index in [9.17, 15) is 4.79 Å². The second-order valence-electron chi connectivity index (χ2n) is 5.17. The molecule has 23 heavy (non-hydrogen) atoms. The van der Waals surface area contributed by atoms with Crippen LogP contribution in [0.15, 0.2) is 24.4 Å². The molecule has 0 atom stereocenters. The first-order chi connectivity index (χ1) is 10.9. The summed E-state index contributed by atoms with van der Waals surface area (Å²) in [4.78, 5) is 16.6. The summed E-state index contributed by atoms with van der Waals surface area (Å²) in [7, 11) is 0. The topological polar surface area (TPSA) is 91.2 Å². The molecule has 2 heterocycles. The van der Waals surface area contributed by atoms with Crippen LogP contribution < -0.4 is 16.2 Å². The Morgan fingerprint density at radius 3 is 2.70 bits per heavy atom. The van der Waals surface area contributed by atoms with Gasteiger partial charge in [-0.15, -0.1) is 11.3 Å². The molecule has 0 radical (unpaired) electrons. The van der Waals surface area contributed by atoms with Gasteiger partial charge in [-0.1, -0.05) is 11.6 Å². The third-order valence-electron chi connectivity index (χ3n) is 3.49. The number of nitrogens with zero attached hydrogens (tertiary/aromatic N) is 1. The number of nitrogen functional groups attached to an aromatic ring is 1. The molecule has 1 aromatic carbocycles. The normalized spacial score (nSPS) is 10.9. The average Bonchev–Trinajstić information content (AvgIpc) is 2.83. The highest BCUT2D eigenvalue weighted by Gasteiger charge is 2.19. The average molecular weight is 348 g/mol. The summed E-state index contributed by atoms with van der Waals surface area (Å²) >= 11 is 7.27. The SMILES string of the molecule is Cc1cc(Oc2ccnc3sc(C(N)=O)c(N)c23)c(C)cc1Cl. The maximum atomic E-state index is 11.5. The smallest absolute Gasteiger partial charge is 0.260 e. The summed E-state index contributed by atoms with van der Waals surface area (Å²) < 4.78 is 6.01. The zero-order valence-electron chi connectivity index (χ0n) is 12.5. The Balaban J connectivity index is 2.14. The number of ether oxygens (including phenoxy) is 1. The Kier molecular flexibility index (Phi) is 3.87. The molecule has 5 nitrogen and oxygen atoms in total. The van der Waals surface area contributed by atoms with Crippen molar-refractivity contribution in [1.29, 1.82) is 0 Å². The van der Waals surface area contributed by atoms with Crippen LogP contribution in [-0.2, 0) is 0 Å². The second-order valence-corrected chi connectivity index (χ2v) is 6.57. The molecule has 2 aromatic heterocycles. The fourth-order valence-corrected chi connectivity index (χ4v) is 3.42. The minimum Gasteiger partial charge on any atom is -0.456 e. The molecule has 118 valence electrons. The lowest BCUT2D eigenvalue weighted by molar-refractivity contribution is 0.100. The Bertz CT molecular complexity index is 937. The number of benzene rings is 1. The van der Waals surface area contributed by atoms with Crippen LogP contribution in [0.5, 0.6) is 11.5 Å². The standard InChI is InChI=1S/C16H14ClN3O2S/c1-7-6-11(8(2)5-9(7)17)22-10-3-4-20-16-12(10)13(18)14(23-16)15(19)21/h3-6H,18H2,1-2H3,(H2,19,21).